The van der Waals surface area contributed by atoms with E-state index in [1.165, 1.54) is 21.0 Å². The van der Waals surface area contributed by atoms with Gasteiger partial charge in [0.2, 0.25) is 5.91 Å². The lowest BCUT2D eigenvalue weighted by atomic mass is 9.94. The molecule has 0 spiro atoms. The van der Waals surface area contributed by atoms with Crippen molar-refractivity contribution in [3.05, 3.63) is 35.9 Å². The first-order chi connectivity index (χ1) is 28.4. The van der Waals surface area contributed by atoms with Crippen molar-refractivity contribution in [3.63, 3.8) is 0 Å². The standard InChI is InChI=1S/C37H58N2O20S/c1-19-26(43)28(45)29(46)36(54-19)58-32-25(39-20(2)41)35(53-16-12-7-5-4-6-11-15-24(42)52-3)55-22(17-38-34(48)21-13-9-8-10-14-21)31(32)57-37-30(47)33(59-60(49,50)51)27(44)23(18-40)56-37/h8-10,13-14,19,22-23,25-33,35-37,40,43-47H,4-7,11-12,15-18H2,1-3H3,(H,38,48)(H,39,41)(H,49,50,51)/t19-,22+,23+,25+,26+,27-,28+,29-,30+,31+,32+,33-,35+,36-,37-/m0/s1. The molecule has 0 aromatic heterocycles. The summed E-state index contributed by atoms with van der Waals surface area (Å²) in [5.74, 6) is -1.49. The summed E-state index contributed by atoms with van der Waals surface area (Å²) < 4.78 is 78.5. The topological polar surface area (TPSA) is 325 Å². The van der Waals surface area contributed by atoms with E-state index in [1.54, 1.807) is 30.3 Å². The molecule has 1 aromatic carbocycles. The first-order valence-corrected chi connectivity index (χ1v) is 21.0. The van der Waals surface area contributed by atoms with Gasteiger partial charge in [-0.1, -0.05) is 43.9 Å². The number of amides is 2. The molecule has 0 aliphatic carbocycles. The summed E-state index contributed by atoms with van der Waals surface area (Å²) in [4.78, 5) is 37.5. The Labute approximate surface area is 347 Å². The van der Waals surface area contributed by atoms with E-state index in [9.17, 15) is 58.0 Å². The Morgan fingerprint density at radius 1 is 0.750 bits per heavy atom. The average molecular weight is 883 g/mol. The van der Waals surface area contributed by atoms with Crippen LogP contribution in [0.25, 0.3) is 0 Å². The number of esters is 1. The Morgan fingerprint density at radius 3 is 2.00 bits per heavy atom. The number of nitrogens with one attached hydrogen (secondary N) is 2. The van der Waals surface area contributed by atoms with Crippen LogP contribution in [0, 0.1) is 0 Å². The van der Waals surface area contributed by atoms with Crippen molar-refractivity contribution in [1.82, 2.24) is 10.6 Å². The van der Waals surface area contributed by atoms with Crippen molar-refractivity contribution in [2.24, 2.45) is 0 Å². The van der Waals surface area contributed by atoms with Gasteiger partial charge in [0, 0.05) is 32.1 Å². The smallest absolute Gasteiger partial charge is 0.397 e. The highest BCUT2D eigenvalue weighted by molar-refractivity contribution is 7.80. The van der Waals surface area contributed by atoms with Crippen LogP contribution in [0.4, 0.5) is 0 Å². The van der Waals surface area contributed by atoms with E-state index >= 15 is 0 Å². The van der Waals surface area contributed by atoms with Gasteiger partial charge in [-0.25, -0.2) is 4.18 Å². The van der Waals surface area contributed by atoms with Gasteiger partial charge >= 0.3 is 16.4 Å². The average Bonchev–Trinajstić information content (AvgIpc) is 3.21. The maximum absolute atomic E-state index is 13.3. The number of benzene rings is 1. The molecule has 3 aliphatic heterocycles. The predicted octanol–water partition coefficient (Wildman–Crippen LogP) is -2.21. The van der Waals surface area contributed by atoms with Gasteiger partial charge < -0.3 is 74.4 Å². The quantitative estimate of drug-likeness (QED) is 0.0359. The largest absolute Gasteiger partial charge is 0.469 e. The van der Waals surface area contributed by atoms with E-state index in [1.807, 2.05) is 0 Å². The van der Waals surface area contributed by atoms with Crippen LogP contribution in [0.3, 0.4) is 0 Å². The van der Waals surface area contributed by atoms with E-state index < -0.39 is 127 Å². The number of carbonyl (C=O) groups is 3. The van der Waals surface area contributed by atoms with E-state index in [4.69, 9.17) is 28.4 Å². The molecule has 4 rings (SSSR count). The first kappa shape index (κ1) is 49.7. The second-order valence-electron chi connectivity index (χ2n) is 14.7. The summed E-state index contributed by atoms with van der Waals surface area (Å²) in [6, 6.07) is 6.68. The van der Waals surface area contributed by atoms with Crippen molar-refractivity contribution >= 4 is 28.2 Å². The third kappa shape index (κ3) is 14.0. The molecule has 0 saturated carbocycles. The van der Waals surface area contributed by atoms with Gasteiger partial charge in [0.15, 0.2) is 18.9 Å². The van der Waals surface area contributed by atoms with Gasteiger partial charge in [0.05, 0.1) is 19.8 Å². The van der Waals surface area contributed by atoms with Crippen molar-refractivity contribution in [2.45, 2.75) is 151 Å². The van der Waals surface area contributed by atoms with Gasteiger partial charge in [-0.05, 0) is 31.9 Å². The molecule has 3 heterocycles. The molecule has 0 radical (unpaired) electrons. The van der Waals surface area contributed by atoms with Crippen LogP contribution >= 0.6 is 0 Å². The Kier molecular flexibility index (Phi) is 19.4. The van der Waals surface area contributed by atoms with E-state index in [0.717, 1.165) is 19.3 Å². The normalized spacial score (nSPS) is 34.7. The molecule has 15 atom stereocenters. The summed E-state index contributed by atoms with van der Waals surface area (Å²) >= 11 is 0. The molecule has 60 heavy (non-hydrogen) atoms. The van der Waals surface area contributed by atoms with Gasteiger partial charge in [-0.15, -0.1) is 0 Å². The third-order valence-corrected chi connectivity index (χ3v) is 10.7. The number of rotatable bonds is 21. The van der Waals surface area contributed by atoms with Crippen LogP contribution in [0.2, 0.25) is 0 Å². The van der Waals surface area contributed by atoms with Crippen LogP contribution in [0.1, 0.15) is 69.2 Å². The molecular weight excluding hydrogens is 824 g/mol. The van der Waals surface area contributed by atoms with Crippen LogP contribution < -0.4 is 10.6 Å². The minimum absolute atomic E-state index is 0.0733. The Balaban J connectivity index is 1.68. The zero-order valence-electron chi connectivity index (χ0n) is 33.5. The Morgan fingerprint density at radius 2 is 1.37 bits per heavy atom. The number of aliphatic hydroxyl groups is 6. The molecule has 22 nitrogen and oxygen atoms in total. The van der Waals surface area contributed by atoms with E-state index in [-0.39, 0.29) is 18.1 Å². The summed E-state index contributed by atoms with van der Waals surface area (Å²) in [6.45, 7) is 1.28. The summed E-state index contributed by atoms with van der Waals surface area (Å²) in [5.41, 5.74) is 0.254. The first-order valence-electron chi connectivity index (χ1n) is 19.7. The van der Waals surface area contributed by atoms with Crippen LogP contribution in [-0.4, -0.2) is 180 Å². The molecule has 3 fully saturated rings. The van der Waals surface area contributed by atoms with Crippen LogP contribution in [0.5, 0.6) is 0 Å². The van der Waals surface area contributed by atoms with Gasteiger partial charge in [-0.3, -0.25) is 18.9 Å². The maximum atomic E-state index is 13.3. The van der Waals surface area contributed by atoms with Gasteiger partial charge in [0.25, 0.3) is 5.91 Å². The molecule has 0 bridgehead atoms. The van der Waals surface area contributed by atoms with Crippen molar-refractivity contribution < 1.29 is 95.3 Å². The van der Waals surface area contributed by atoms with E-state index in [2.05, 4.69) is 19.6 Å². The molecule has 1 aromatic rings. The highest BCUT2D eigenvalue weighted by Crippen LogP contribution is 2.34. The van der Waals surface area contributed by atoms with Crippen molar-refractivity contribution in [1.29, 1.82) is 0 Å². The van der Waals surface area contributed by atoms with Crippen LogP contribution in [-0.2, 0) is 57.3 Å². The molecular formula is C37H58N2O20S. The lowest BCUT2D eigenvalue weighted by Gasteiger charge is -2.50. The zero-order valence-corrected chi connectivity index (χ0v) is 34.3. The zero-order chi connectivity index (χ0) is 44.1. The highest BCUT2D eigenvalue weighted by atomic mass is 32.3. The molecule has 23 heteroatoms. The fourth-order valence-corrected chi connectivity index (χ4v) is 7.55. The monoisotopic (exact) mass is 882 g/mol. The fourth-order valence-electron chi connectivity index (χ4n) is 7.04. The molecule has 0 unspecified atom stereocenters. The SMILES string of the molecule is COC(=O)CCCCCCCCO[C@@H]1O[C@H](CNC(=O)c2ccccc2)[C@@H](O[C@@H]2O[C@H](CO)[C@H](O)[C@H](OS(=O)(=O)O)[C@H]2O)[C@H](O[C@@H]2O[C@@H](C)[C@@H](O)[C@@H](O)[C@@H]2O)[C@H]1NC(C)=O. The number of methoxy groups -OCH3 is 1. The number of aliphatic hydroxyl groups excluding tert-OH is 6. The van der Waals surface area contributed by atoms with Crippen molar-refractivity contribution in [3.8, 4) is 0 Å². The number of hydrogen-bond donors (Lipinski definition) is 9. The maximum Gasteiger partial charge on any atom is 0.397 e. The minimum atomic E-state index is -5.32. The molecule has 9 N–H and O–H groups in total. The molecule has 3 aliphatic rings. The lowest BCUT2D eigenvalue weighted by molar-refractivity contribution is -0.370. The third-order valence-electron chi connectivity index (χ3n) is 10.2. The summed E-state index contributed by atoms with van der Waals surface area (Å²) in [7, 11) is -3.98. The minimum Gasteiger partial charge on any atom is -0.469 e. The van der Waals surface area contributed by atoms with Crippen molar-refractivity contribution in [2.75, 3.05) is 26.9 Å². The molecule has 2 amide bonds. The summed E-state index contributed by atoms with van der Waals surface area (Å²) in [6.07, 6.45) is -19.4. The van der Waals surface area contributed by atoms with Gasteiger partial charge in [0.1, 0.15) is 67.1 Å². The van der Waals surface area contributed by atoms with E-state index in [0.29, 0.717) is 25.7 Å². The number of unbranched alkanes of at least 4 members (excludes halogenated alkanes) is 5. The summed E-state index contributed by atoms with van der Waals surface area (Å²) in [5, 5.41) is 69.4. The second kappa shape index (κ2) is 23.5. The predicted molar refractivity (Wildman–Crippen MR) is 202 cm³/mol. The Bertz CT molecular complexity index is 1610. The second-order valence-corrected chi connectivity index (χ2v) is 15.8. The fraction of sp³-hybridized carbons (Fsp3) is 0.757. The number of ether oxygens (including phenoxy) is 7. The van der Waals surface area contributed by atoms with Gasteiger partial charge in [-0.2, -0.15) is 8.42 Å². The lowest BCUT2D eigenvalue weighted by Crippen LogP contribution is -2.70. The molecule has 3 saturated heterocycles. The highest BCUT2D eigenvalue weighted by Gasteiger charge is 2.55. The number of carbonyl (C=O) groups excluding carboxylic acids is 3. The molecule has 342 valence electrons. The number of hydrogen-bond acceptors (Lipinski definition) is 19. The van der Waals surface area contributed by atoms with Crippen LogP contribution in [0.15, 0.2) is 30.3 Å². The Hall–Kier alpha value is -2.98.